The molecule has 80 valence electrons. The minimum Gasteiger partial charge on any atom is -0.276 e. The first-order valence-electron chi connectivity index (χ1n) is 3.56. The van der Waals surface area contributed by atoms with Crippen LogP contribution in [-0.2, 0) is 10.7 Å². The SMILES string of the molecule is O=C(c1ccc(Cl)c([N+](=O)[O-])c1)[SH](=O)=O. The number of nitro benzene ring substituents is 1. The van der Waals surface area contributed by atoms with Crippen molar-refractivity contribution in [3.63, 3.8) is 0 Å². The number of nitro groups is 1. The van der Waals surface area contributed by atoms with Gasteiger partial charge in [-0.3, -0.25) is 14.9 Å². The third-order valence-corrected chi connectivity index (χ3v) is 2.47. The molecule has 0 unspecified atom stereocenters. The maximum Gasteiger partial charge on any atom is 0.288 e. The average molecular weight is 250 g/mol. The van der Waals surface area contributed by atoms with Crippen LogP contribution in [0.5, 0.6) is 0 Å². The number of carbonyl (C=O) groups is 1. The third-order valence-electron chi connectivity index (χ3n) is 1.56. The Labute approximate surface area is 90.6 Å². The fraction of sp³-hybridized carbons (Fsp3) is 0. The van der Waals surface area contributed by atoms with Crippen molar-refractivity contribution in [3.8, 4) is 0 Å². The van der Waals surface area contributed by atoms with Gasteiger partial charge in [-0.2, -0.15) is 0 Å². The first kappa shape index (κ1) is 11.6. The molecule has 0 radical (unpaired) electrons. The molecule has 0 aliphatic heterocycles. The number of halogens is 1. The minimum absolute atomic E-state index is 0.155. The Kier molecular flexibility index (Phi) is 3.38. The van der Waals surface area contributed by atoms with Gasteiger partial charge in [-0.1, -0.05) is 11.6 Å². The quantitative estimate of drug-likeness (QED) is 0.479. The molecule has 0 N–H and O–H groups in total. The van der Waals surface area contributed by atoms with E-state index in [9.17, 15) is 23.3 Å². The summed E-state index contributed by atoms with van der Waals surface area (Å²) >= 11 is 5.47. The Bertz CT molecular complexity index is 502. The van der Waals surface area contributed by atoms with E-state index in [1.807, 2.05) is 0 Å². The molecule has 0 saturated heterocycles. The van der Waals surface area contributed by atoms with Gasteiger partial charge in [0.1, 0.15) is 5.02 Å². The van der Waals surface area contributed by atoms with Crippen molar-refractivity contribution in [3.05, 3.63) is 38.9 Å². The van der Waals surface area contributed by atoms with Gasteiger partial charge in [0, 0.05) is 11.6 Å². The van der Waals surface area contributed by atoms with E-state index >= 15 is 0 Å². The molecular formula is C7H4ClNO5S. The van der Waals surface area contributed by atoms with Gasteiger partial charge in [0.25, 0.3) is 10.8 Å². The van der Waals surface area contributed by atoms with E-state index in [1.165, 1.54) is 0 Å². The van der Waals surface area contributed by atoms with E-state index in [4.69, 9.17) is 11.6 Å². The van der Waals surface area contributed by atoms with Gasteiger partial charge in [-0.05, 0) is 12.1 Å². The third kappa shape index (κ3) is 2.51. The number of nitrogens with zero attached hydrogens (tertiary/aromatic N) is 1. The smallest absolute Gasteiger partial charge is 0.276 e. The molecule has 6 nitrogen and oxygen atoms in total. The van der Waals surface area contributed by atoms with Crippen LogP contribution in [-0.4, -0.2) is 18.5 Å². The largest absolute Gasteiger partial charge is 0.288 e. The summed E-state index contributed by atoms with van der Waals surface area (Å²) < 4.78 is 20.7. The normalized spacial score (nSPS) is 10.3. The lowest BCUT2D eigenvalue weighted by molar-refractivity contribution is -0.384. The number of rotatable bonds is 2. The van der Waals surface area contributed by atoms with E-state index in [1.54, 1.807) is 0 Å². The molecule has 1 aromatic rings. The molecule has 1 aromatic carbocycles. The second-order valence-corrected chi connectivity index (χ2v) is 3.81. The number of carbonyl (C=O) groups excluding carboxylic acids is 1. The van der Waals surface area contributed by atoms with Crippen LogP contribution in [0.2, 0.25) is 5.02 Å². The zero-order valence-corrected chi connectivity index (χ0v) is 8.70. The van der Waals surface area contributed by atoms with Crippen molar-refractivity contribution in [2.45, 2.75) is 0 Å². The van der Waals surface area contributed by atoms with Crippen LogP contribution in [0.25, 0.3) is 0 Å². The minimum atomic E-state index is -3.28. The predicted molar refractivity (Wildman–Crippen MR) is 52.8 cm³/mol. The number of thiol groups is 1. The Morgan fingerprint density at radius 3 is 2.47 bits per heavy atom. The van der Waals surface area contributed by atoms with Crippen LogP contribution >= 0.6 is 11.6 Å². The summed E-state index contributed by atoms with van der Waals surface area (Å²) in [6, 6.07) is 3.05. The van der Waals surface area contributed by atoms with Crippen molar-refractivity contribution in [2.24, 2.45) is 0 Å². The monoisotopic (exact) mass is 249 g/mol. The summed E-state index contributed by atoms with van der Waals surface area (Å²) in [5.74, 6) is 0. The van der Waals surface area contributed by atoms with E-state index in [2.05, 4.69) is 0 Å². The molecular weight excluding hydrogens is 246 g/mol. The van der Waals surface area contributed by atoms with E-state index in [0.717, 1.165) is 18.2 Å². The van der Waals surface area contributed by atoms with E-state index in [0.29, 0.717) is 0 Å². The first-order chi connectivity index (χ1) is 6.93. The fourth-order valence-corrected chi connectivity index (χ4v) is 1.43. The lowest BCUT2D eigenvalue weighted by atomic mass is 10.2. The van der Waals surface area contributed by atoms with Crippen LogP contribution in [0, 0.1) is 10.1 Å². The molecule has 15 heavy (non-hydrogen) atoms. The van der Waals surface area contributed by atoms with Gasteiger partial charge in [0.2, 0.25) is 10.7 Å². The van der Waals surface area contributed by atoms with E-state index < -0.39 is 26.4 Å². The van der Waals surface area contributed by atoms with Crippen molar-refractivity contribution < 1.29 is 18.1 Å². The summed E-state index contributed by atoms with van der Waals surface area (Å²) in [6.45, 7) is 0. The highest BCUT2D eigenvalue weighted by Gasteiger charge is 2.17. The van der Waals surface area contributed by atoms with Crippen molar-refractivity contribution in [2.75, 3.05) is 0 Å². The molecule has 0 bridgehead atoms. The molecule has 0 spiro atoms. The molecule has 0 heterocycles. The van der Waals surface area contributed by atoms with Crippen LogP contribution in [0.3, 0.4) is 0 Å². The summed E-state index contributed by atoms with van der Waals surface area (Å²) in [7, 11) is -3.28. The lowest BCUT2D eigenvalue weighted by Crippen LogP contribution is -2.01. The van der Waals surface area contributed by atoms with Gasteiger partial charge < -0.3 is 0 Å². The molecule has 1 rings (SSSR count). The van der Waals surface area contributed by atoms with Gasteiger partial charge in [-0.15, -0.1) is 0 Å². The fourth-order valence-electron chi connectivity index (χ4n) is 0.891. The van der Waals surface area contributed by atoms with E-state index in [-0.39, 0.29) is 10.6 Å². The standard InChI is InChI=1S/C7H4ClNO5S/c8-5-2-1-4(7(10)15(13)14)3-6(5)9(11)12/h1-3,15H. The summed E-state index contributed by atoms with van der Waals surface area (Å²) in [5.41, 5.74) is -0.776. The summed E-state index contributed by atoms with van der Waals surface area (Å²) in [6.07, 6.45) is 0. The van der Waals surface area contributed by atoms with Crippen molar-refractivity contribution in [1.29, 1.82) is 0 Å². The first-order valence-corrected chi connectivity index (χ1v) is 5.11. The molecule has 0 saturated carbocycles. The maximum absolute atomic E-state index is 11.0. The molecule has 8 heteroatoms. The Morgan fingerprint density at radius 2 is 2.00 bits per heavy atom. The Morgan fingerprint density at radius 1 is 1.40 bits per heavy atom. The van der Waals surface area contributed by atoms with Gasteiger partial charge in [0.15, 0.2) is 0 Å². The summed E-state index contributed by atoms with van der Waals surface area (Å²) in [4.78, 5) is 20.6. The number of hydrogen-bond acceptors (Lipinski definition) is 5. The molecule has 0 aliphatic carbocycles. The van der Waals surface area contributed by atoms with Crippen LogP contribution < -0.4 is 0 Å². The highest BCUT2D eigenvalue weighted by atomic mass is 35.5. The zero-order chi connectivity index (χ0) is 11.6. The topological polar surface area (TPSA) is 94.3 Å². The van der Waals surface area contributed by atoms with Crippen LogP contribution in [0.4, 0.5) is 5.69 Å². The number of benzene rings is 1. The Hall–Kier alpha value is -1.47. The second kappa shape index (κ2) is 4.37. The highest BCUT2D eigenvalue weighted by Crippen LogP contribution is 2.25. The van der Waals surface area contributed by atoms with Crippen molar-refractivity contribution in [1.82, 2.24) is 0 Å². The lowest BCUT2D eigenvalue weighted by Gasteiger charge is -1.96. The maximum atomic E-state index is 11.0. The molecule has 0 fully saturated rings. The molecule has 0 atom stereocenters. The Balaban J connectivity index is 3.31. The van der Waals surface area contributed by atoms with Crippen LogP contribution in [0.15, 0.2) is 18.2 Å². The highest BCUT2D eigenvalue weighted by molar-refractivity contribution is 7.89. The van der Waals surface area contributed by atoms with Gasteiger partial charge >= 0.3 is 0 Å². The second-order valence-electron chi connectivity index (χ2n) is 2.49. The van der Waals surface area contributed by atoms with Crippen LogP contribution in [0.1, 0.15) is 10.4 Å². The summed E-state index contributed by atoms with van der Waals surface area (Å²) in [5, 5.41) is 9.09. The van der Waals surface area contributed by atoms with Gasteiger partial charge in [-0.25, -0.2) is 8.42 Å². The molecule has 0 aromatic heterocycles. The van der Waals surface area contributed by atoms with Crippen molar-refractivity contribution >= 4 is 33.1 Å². The molecule has 0 aliphatic rings. The number of hydrogen-bond donors (Lipinski definition) is 1. The van der Waals surface area contributed by atoms with Gasteiger partial charge in [0.05, 0.1) is 4.92 Å². The average Bonchev–Trinajstić information content (AvgIpc) is 2.16. The molecule has 0 amide bonds. The zero-order valence-electron chi connectivity index (χ0n) is 7.05. The predicted octanol–water partition coefficient (Wildman–Crippen LogP) is 1.000.